The van der Waals surface area contributed by atoms with Crippen molar-refractivity contribution in [2.24, 2.45) is 11.8 Å². The Kier molecular flexibility index (Phi) is 4.49. The van der Waals surface area contributed by atoms with E-state index in [4.69, 9.17) is 14.3 Å². The number of hydrogen-bond acceptors (Lipinski definition) is 7. The highest BCUT2D eigenvalue weighted by Crippen LogP contribution is 2.59. The zero-order valence-electron chi connectivity index (χ0n) is 17.5. The topological polar surface area (TPSA) is 97.3 Å². The van der Waals surface area contributed by atoms with E-state index in [9.17, 15) is 14.7 Å². The number of carbonyl (C=O) groups excluding carboxylic acids is 2. The van der Waals surface area contributed by atoms with Gasteiger partial charge in [0, 0.05) is 30.3 Å². The van der Waals surface area contributed by atoms with Crippen molar-refractivity contribution in [3.05, 3.63) is 29.8 Å². The molecule has 1 spiro atoms. The average molecular weight is 416 g/mol. The van der Waals surface area contributed by atoms with Crippen LogP contribution in [0, 0.1) is 11.8 Å². The first-order valence-corrected chi connectivity index (χ1v) is 10.6. The number of ether oxygens (including phenoxy) is 2. The van der Waals surface area contributed by atoms with Crippen molar-refractivity contribution in [3.8, 4) is 0 Å². The standard InChI is InChI=1S/C22H28N2O6/c1-4-21(11-25)17-13-10-29-19(18(17)30-12(2)26)22(9-15(13)23-21)14-7-5-6-8-16(14)24(28-3)20(22)27/h5-8,13,15,17-19,23,25H,4,9-11H2,1-3H3. The third-order valence-electron chi connectivity index (χ3n) is 7.80. The number of hydrogen-bond donors (Lipinski definition) is 2. The molecule has 2 N–H and O–H groups in total. The number of aliphatic hydroxyl groups excluding tert-OH is 1. The van der Waals surface area contributed by atoms with Gasteiger partial charge in [-0.1, -0.05) is 25.1 Å². The highest BCUT2D eigenvalue weighted by atomic mass is 16.7. The number of nitrogens with zero attached hydrogens (tertiary/aromatic N) is 1. The molecule has 8 nitrogen and oxygen atoms in total. The molecule has 1 amide bonds. The van der Waals surface area contributed by atoms with Gasteiger partial charge < -0.3 is 19.9 Å². The van der Waals surface area contributed by atoms with Gasteiger partial charge in [0.2, 0.25) is 0 Å². The van der Waals surface area contributed by atoms with Crippen molar-refractivity contribution in [2.75, 3.05) is 25.4 Å². The summed E-state index contributed by atoms with van der Waals surface area (Å²) < 4.78 is 12.2. The fourth-order valence-corrected chi connectivity index (χ4v) is 6.61. The smallest absolute Gasteiger partial charge is 0.303 e. The largest absolute Gasteiger partial charge is 0.459 e. The van der Waals surface area contributed by atoms with Gasteiger partial charge in [-0.3, -0.25) is 14.4 Å². The molecule has 5 aliphatic rings. The second kappa shape index (κ2) is 6.75. The van der Waals surface area contributed by atoms with E-state index in [1.807, 2.05) is 31.2 Å². The minimum Gasteiger partial charge on any atom is -0.459 e. The quantitative estimate of drug-likeness (QED) is 0.704. The summed E-state index contributed by atoms with van der Waals surface area (Å²) in [5.41, 5.74) is -0.0647. The fourth-order valence-electron chi connectivity index (χ4n) is 6.61. The molecule has 30 heavy (non-hydrogen) atoms. The van der Waals surface area contributed by atoms with Crippen LogP contribution in [0.4, 0.5) is 5.69 Å². The lowest BCUT2D eigenvalue weighted by Gasteiger charge is -2.48. The SMILES string of the molecule is CCC1(CO)NC2CC3(C(=O)N(OC)c4ccccc43)C3OCC2C1C3OC(C)=O. The summed E-state index contributed by atoms with van der Waals surface area (Å²) in [4.78, 5) is 31.4. The summed E-state index contributed by atoms with van der Waals surface area (Å²) >= 11 is 0. The zero-order valence-corrected chi connectivity index (χ0v) is 17.5. The number of hydroxylamine groups is 1. The van der Waals surface area contributed by atoms with Crippen molar-refractivity contribution < 1.29 is 29.0 Å². The van der Waals surface area contributed by atoms with E-state index in [0.717, 1.165) is 5.56 Å². The number of fused-ring (bicyclic) bond motifs is 2. The minimum atomic E-state index is -1.02. The van der Waals surface area contributed by atoms with Gasteiger partial charge in [-0.2, -0.15) is 5.06 Å². The summed E-state index contributed by atoms with van der Waals surface area (Å²) in [6, 6.07) is 7.52. The second-order valence-corrected chi connectivity index (χ2v) is 8.91. The van der Waals surface area contributed by atoms with Gasteiger partial charge in [-0.05, 0) is 24.5 Å². The number of esters is 1. The maximum Gasteiger partial charge on any atom is 0.303 e. The molecule has 0 aromatic heterocycles. The lowest BCUT2D eigenvalue weighted by atomic mass is 9.67. The Morgan fingerprint density at radius 1 is 1.40 bits per heavy atom. The highest BCUT2D eigenvalue weighted by Gasteiger charge is 2.71. The molecule has 4 aliphatic heterocycles. The number of amides is 1. The first-order chi connectivity index (χ1) is 14.4. The third-order valence-corrected chi connectivity index (χ3v) is 7.80. The van der Waals surface area contributed by atoms with Crippen LogP contribution in [0.2, 0.25) is 0 Å². The Morgan fingerprint density at radius 3 is 2.83 bits per heavy atom. The van der Waals surface area contributed by atoms with E-state index in [0.29, 0.717) is 25.1 Å². The Bertz CT molecular complexity index is 886. The molecule has 1 aromatic carbocycles. The second-order valence-electron chi connectivity index (χ2n) is 8.91. The molecule has 6 rings (SSSR count). The molecule has 4 bridgehead atoms. The van der Waals surface area contributed by atoms with Crippen LogP contribution in [0.25, 0.3) is 0 Å². The molecule has 1 aliphatic carbocycles. The molecular weight excluding hydrogens is 388 g/mol. The number of benzene rings is 1. The molecule has 4 heterocycles. The summed E-state index contributed by atoms with van der Waals surface area (Å²) in [7, 11) is 1.48. The van der Waals surface area contributed by atoms with Crippen LogP contribution in [0.15, 0.2) is 24.3 Å². The van der Waals surface area contributed by atoms with Gasteiger partial charge in [0.25, 0.3) is 5.91 Å². The molecule has 1 aromatic rings. The van der Waals surface area contributed by atoms with Crippen LogP contribution in [-0.4, -0.2) is 61.1 Å². The van der Waals surface area contributed by atoms with E-state index >= 15 is 0 Å². The number of nitrogens with one attached hydrogen (secondary N) is 1. The molecular formula is C22H28N2O6. The van der Waals surface area contributed by atoms with Crippen LogP contribution in [0.3, 0.4) is 0 Å². The number of aliphatic hydroxyl groups is 1. The van der Waals surface area contributed by atoms with E-state index in [-0.39, 0.29) is 30.4 Å². The van der Waals surface area contributed by atoms with E-state index in [2.05, 4.69) is 5.32 Å². The normalized spacial score (nSPS) is 41.3. The zero-order chi connectivity index (χ0) is 21.3. The molecule has 162 valence electrons. The molecule has 7 atom stereocenters. The monoisotopic (exact) mass is 416 g/mol. The first kappa shape index (κ1) is 19.9. The summed E-state index contributed by atoms with van der Waals surface area (Å²) in [6.07, 6.45) is -0.121. The van der Waals surface area contributed by atoms with Crippen molar-refractivity contribution in [1.82, 2.24) is 5.32 Å². The number of anilines is 1. The minimum absolute atomic E-state index is 0.0358. The highest BCUT2D eigenvalue weighted by molar-refractivity contribution is 6.07. The van der Waals surface area contributed by atoms with Gasteiger partial charge >= 0.3 is 5.97 Å². The molecule has 1 saturated carbocycles. The Morgan fingerprint density at radius 2 is 2.17 bits per heavy atom. The Labute approximate surface area is 175 Å². The predicted molar refractivity (Wildman–Crippen MR) is 107 cm³/mol. The van der Waals surface area contributed by atoms with Crippen LogP contribution in [0.5, 0.6) is 0 Å². The van der Waals surface area contributed by atoms with E-state index in [1.54, 1.807) is 0 Å². The van der Waals surface area contributed by atoms with Crippen molar-refractivity contribution in [3.63, 3.8) is 0 Å². The Balaban J connectivity index is 1.71. The summed E-state index contributed by atoms with van der Waals surface area (Å²) in [5.74, 6) is -0.723. The van der Waals surface area contributed by atoms with Crippen LogP contribution in [0.1, 0.15) is 32.3 Å². The van der Waals surface area contributed by atoms with Gasteiger partial charge in [0.05, 0.1) is 26.0 Å². The molecule has 7 unspecified atom stereocenters. The molecule has 3 saturated heterocycles. The lowest BCUT2D eigenvalue weighted by Crippen LogP contribution is -2.65. The molecule has 0 radical (unpaired) electrons. The van der Waals surface area contributed by atoms with Crippen LogP contribution in [-0.2, 0) is 29.3 Å². The van der Waals surface area contributed by atoms with Gasteiger partial charge in [-0.15, -0.1) is 0 Å². The summed E-state index contributed by atoms with van der Waals surface area (Å²) in [5, 5.41) is 15.3. The lowest BCUT2D eigenvalue weighted by molar-refractivity contribution is -0.192. The maximum atomic E-state index is 13.8. The third kappa shape index (κ3) is 2.30. The number of para-hydroxylation sites is 1. The molecule has 4 fully saturated rings. The van der Waals surface area contributed by atoms with Gasteiger partial charge in [-0.25, -0.2) is 0 Å². The predicted octanol–water partition coefficient (Wildman–Crippen LogP) is 0.912. The number of rotatable bonds is 4. The summed E-state index contributed by atoms with van der Waals surface area (Å²) in [6.45, 7) is 3.80. The number of carbonyl (C=O) groups is 2. The van der Waals surface area contributed by atoms with E-state index in [1.165, 1.54) is 19.1 Å². The average Bonchev–Trinajstić information content (AvgIpc) is 3.07. The maximum absolute atomic E-state index is 13.8. The molecule has 8 heteroatoms. The van der Waals surface area contributed by atoms with E-state index < -0.39 is 29.1 Å². The van der Waals surface area contributed by atoms with Crippen molar-refractivity contribution in [1.29, 1.82) is 0 Å². The van der Waals surface area contributed by atoms with Crippen LogP contribution < -0.4 is 10.4 Å². The Hall–Kier alpha value is -2.00. The first-order valence-electron chi connectivity index (χ1n) is 10.6. The van der Waals surface area contributed by atoms with Crippen molar-refractivity contribution >= 4 is 17.6 Å². The van der Waals surface area contributed by atoms with Crippen molar-refractivity contribution in [2.45, 2.75) is 55.9 Å². The van der Waals surface area contributed by atoms with Gasteiger partial charge in [0.1, 0.15) is 17.6 Å². The van der Waals surface area contributed by atoms with Crippen LogP contribution >= 0.6 is 0 Å². The van der Waals surface area contributed by atoms with Gasteiger partial charge in [0.15, 0.2) is 0 Å². The fraction of sp³-hybridized carbons (Fsp3) is 0.636.